The summed E-state index contributed by atoms with van der Waals surface area (Å²) in [4.78, 5) is 34.0. The molecule has 0 bridgehead atoms. The number of hydrogen-bond donors (Lipinski definition) is 1. The van der Waals surface area contributed by atoms with E-state index in [0.29, 0.717) is 50.6 Å². The zero-order valence-electron chi connectivity index (χ0n) is 24.1. The van der Waals surface area contributed by atoms with Crippen LogP contribution in [0.5, 0.6) is 11.5 Å². The maximum Gasteiger partial charge on any atom is 0.242 e. The Balaban J connectivity index is 1.55. The van der Waals surface area contributed by atoms with Crippen molar-refractivity contribution < 1.29 is 23.8 Å². The first-order valence-electron chi connectivity index (χ1n) is 13.9. The number of ether oxygens (including phenoxy) is 3. The van der Waals surface area contributed by atoms with Crippen molar-refractivity contribution in [1.29, 1.82) is 0 Å². The van der Waals surface area contributed by atoms with Gasteiger partial charge >= 0.3 is 0 Å². The van der Waals surface area contributed by atoms with Gasteiger partial charge in [0.15, 0.2) is 11.5 Å². The largest absolute Gasteiger partial charge is 0.493 e. The lowest BCUT2D eigenvalue weighted by Crippen LogP contribution is -2.44. The summed E-state index contributed by atoms with van der Waals surface area (Å²) in [7, 11) is 4.83. The highest BCUT2D eigenvalue weighted by molar-refractivity contribution is 5.86. The zero-order chi connectivity index (χ0) is 29.0. The highest BCUT2D eigenvalue weighted by atomic mass is 16.5. The van der Waals surface area contributed by atoms with Crippen LogP contribution in [0.1, 0.15) is 23.1 Å². The molecule has 1 heterocycles. The predicted molar refractivity (Wildman–Crippen MR) is 160 cm³/mol. The third-order valence-corrected chi connectivity index (χ3v) is 7.15. The molecular weight excluding hydrogens is 518 g/mol. The molecule has 216 valence electrons. The molecule has 0 aliphatic heterocycles. The number of nitrogens with one attached hydrogen (secondary N) is 1. The Hall–Kier alpha value is -4.30. The first-order chi connectivity index (χ1) is 20.0. The summed E-state index contributed by atoms with van der Waals surface area (Å²) in [5, 5.41) is 1.14. The molecular formula is C33H39N3O5. The lowest BCUT2D eigenvalue weighted by molar-refractivity contribution is -0.140. The third-order valence-electron chi connectivity index (χ3n) is 7.15. The number of benzene rings is 3. The van der Waals surface area contributed by atoms with Crippen LogP contribution < -0.4 is 9.47 Å². The molecule has 8 nitrogen and oxygen atoms in total. The minimum Gasteiger partial charge on any atom is -0.493 e. The quantitative estimate of drug-likeness (QED) is 0.211. The van der Waals surface area contributed by atoms with Crippen molar-refractivity contribution in [1.82, 2.24) is 14.8 Å². The molecule has 0 aliphatic carbocycles. The van der Waals surface area contributed by atoms with Gasteiger partial charge in [0.1, 0.15) is 0 Å². The van der Waals surface area contributed by atoms with Crippen LogP contribution in [0, 0.1) is 0 Å². The number of rotatable bonds is 15. The van der Waals surface area contributed by atoms with Gasteiger partial charge in [-0.05, 0) is 47.7 Å². The second-order valence-corrected chi connectivity index (χ2v) is 9.94. The van der Waals surface area contributed by atoms with E-state index in [1.165, 1.54) is 0 Å². The smallest absolute Gasteiger partial charge is 0.242 e. The van der Waals surface area contributed by atoms with Crippen LogP contribution in [-0.2, 0) is 33.7 Å². The predicted octanol–water partition coefficient (Wildman–Crippen LogP) is 4.86. The second-order valence-electron chi connectivity index (χ2n) is 9.94. The number of carbonyl (C=O) groups is 2. The molecule has 0 atom stereocenters. The molecule has 41 heavy (non-hydrogen) atoms. The summed E-state index contributed by atoms with van der Waals surface area (Å²) in [5.41, 5.74) is 4.04. The molecule has 4 aromatic rings. The summed E-state index contributed by atoms with van der Waals surface area (Å²) in [6.07, 6.45) is 3.57. The van der Waals surface area contributed by atoms with E-state index in [-0.39, 0.29) is 24.8 Å². The van der Waals surface area contributed by atoms with E-state index in [2.05, 4.69) is 11.1 Å². The minimum atomic E-state index is -0.113. The van der Waals surface area contributed by atoms with Gasteiger partial charge in [-0.1, -0.05) is 54.6 Å². The molecule has 0 saturated carbocycles. The van der Waals surface area contributed by atoms with Crippen molar-refractivity contribution in [3.63, 3.8) is 0 Å². The van der Waals surface area contributed by atoms with Crippen molar-refractivity contribution in [2.75, 3.05) is 47.6 Å². The van der Waals surface area contributed by atoms with Gasteiger partial charge in [-0.3, -0.25) is 9.59 Å². The molecule has 1 N–H and O–H groups in total. The van der Waals surface area contributed by atoms with Crippen LogP contribution >= 0.6 is 0 Å². The van der Waals surface area contributed by atoms with Crippen molar-refractivity contribution in [3.8, 4) is 11.5 Å². The average molecular weight is 558 g/mol. The van der Waals surface area contributed by atoms with E-state index < -0.39 is 0 Å². The standard InChI is InChI=1S/C33H39N3O5/c1-39-19-9-17-35(32(37)21-25-10-5-4-6-11-25)24-33(38)36(23-26-14-15-30(40-2)31(20-26)41-3)18-16-27-22-34-29-13-8-7-12-28(27)29/h4-8,10-15,20,22,34H,9,16-19,21,23-24H2,1-3H3. The topological polar surface area (TPSA) is 84.1 Å². The Bertz CT molecular complexity index is 1420. The molecule has 3 aromatic carbocycles. The number of aromatic amines is 1. The lowest BCUT2D eigenvalue weighted by Gasteiger charge is -2.28. The Morgan fingerprint density at radius 2 is 1.54 bits per heavy atom. The SMILES string of the molecule is COCCCN(CC(=O)N(CCc1c[nH]c2ccccc12)Cc1ccc(OC)c(OC)c1)C(=O)Cc1ccccc1. The van der Waals surface area contributed by atoms with Gasteiger partial charge in [0, 0.05) is 50.5 Å². The van der Waals surface area contributed by atoms with Gasteiger partial charge in [0.05, 0.1) is 27.2 Å². The van der Waals surface area contributed by atoms with Crippen LogP contribution in [-0.4, -0.2) is 74.2 Å². The van der Waals surface area contributed by atoms with Gasteiger partial charge in [-0.2, -0.15) is 0 Å². The molecule has 0 fully saturated rings. The van der Waals surface area contributed by atoms with Crippen molar-refractivity contribution in [2.24, 2.45) is 0 Å². The van der Waals surface area contributed by atoms with E-state index >= 15 is 0 Å². The summed E-state index contributed by atoms with van der Waals surface area (Å²) in [5.74, 6) is 1.04. The van der Waals surface area contributed by atoms with E-state index in [1.807, 2.05) is 77.8 Å². The van der Waals surface area contributed by atoms with Gasteiger partial charge in [0.25, 0.3) is 0 Å². The second kappa shape index (κ2) is 14.9. The average Bonchev–Trinajstić information content (AvgIpc) is 3.42. The Labute approximate surface area is 241 Å². The molecule has 0 saturated heterocycles. The number of H-pyrrole nitrogens is 1. The maximum atomic E-state index is 13.9. The maximum absolute atomic E-state index is 13.9. The van der Waals surface area contributed by atoms with Gasteiger partial charge in [-0.15, -0.1) is 0 Å². The highest BCUT2D eigenvalue weighted by Gasteiger charge is 2.22. The minimum absolute atomic E-state index is 0.00342. The molecule has 2 amide bonds. The Morgan fingerprint density at radius 1 is 0.780 bits per heavy atom. The first kappa shape index (κ1) is 29.7. The Morgan fingerprint density at radius 3 is 2.29 bits per heavy atom. The molecule has 4 rings (SSSR count). The molecule has 0 aliphatic rings. The van der Waals surface area contributed by atoms with E-state index in [9.17, 15) is 9.59 Å². The van der Waals surface area contributed by atoms with Crippen LogP contribution in [0.3, 0.4) is 0 Å². The summed E-state index contributed by atoms with van der Waals surface area (Å²) in [6, 6.07) is 23.4. The van der Waals surface area contributed by atoms with E-state index in [4.69, 9.17) is 14.2 Å². The van der Waals surface area contributed by atoms with Crippen molar-refractivity contribution >= 4 is 22.7 Å². The summed E-state index contributed by atoms with van der Waals surface area (Å²) in [6.45, 7) is 1.82. The van der Waals surface area contributed by atoms with Crippen LogP contribution in [0.25, 0.3) is 10.9 Å². The fourth-order valence-electron chi connectivity index (χ4n) is 4.92. The van der Waals surface area contributed by atoms with Gasteiger partial charge in [-0.25, -0.2) is 0 Å². The molecule has 0 spiro atoms. The number of methoxy groups -OCH3 is 3. The number of fused-ring (bicyclic) bond motifs is 1. The molecule has 0 radical (unpaired) electrons. The van der Waals surface area contributed by atoms with E-state index in [0.717, 1.165) is 27.6 Å². The normalized spacial score (nSPS) is 10.9. The number of nitrogens with zero attached hydrogens (tertiary/aromatic N) is 2. The number of amides is 2. The Kier molecular flexibility index (Phi) is 10.8. The van der Waals surface area contributed by atoms with Crippen LogP contribution in [0.4, 0.5) is 0 Å². The zero-order valence-corrected chi connectivity index (χ0v) is 24.1. The summed E-state index contributed by atoms with van der Waals surface area (Å²) < 4.78 is 16.1. The molecule has 0 unspecified atom stereocenters. The van der Waals surface area contributed by atoms with Gasteiger partial charge in [0.2, 0.25) is 11.8 Å². The number of carbonyl (C=O) groups excluding carboxylic acids is 2. The lowest BCUT2D eigenvalue weighted by atomic mass is 10.1. The number of aromatic nitrogens is 1. The number of para-hydroxylation sites is 1. The van der Waals surface area contributed by atoms with E-state index in [1.54, 1.807) is 26.2 Å². The van der Waals surface area contributed by atoms with Crippen LogP contribution in [0.15, 0.2) is 79.0 Å². The third kappa shape index (κ3) is 8.11. The van der Waals surface area contributed by atoms with Crippen molar-refractivity contribution in [2.45, 2.75) is 25.8 Å². The summed E-state index contributed by atoms with van der Waals surface area (Å²) >= 11 is 0. The van der Waals surface area contributed by atoms with Crippen LogP contribution in [0.2, 0.25) is 0 Å². The van der Waals surface area contributed by atoms with Gasteiger partial charge < -0.3 is 29.0 Å². The molecule has 1 aromatic heterocycles. The first-order valence-corrected chi connectivity index (χ1v) is 13.9. The monoisotopic (exact) mass is 557 g/mol. The number of hydrogen-bond acceptors (Lipinski definition) is 5. The fraction of sp³-hybridized carbons (Fsp3) is 0.333. The molecule has 8 heteroatoms. The highest BCUT2D eigenvalue weighted by Crippen LogP contribution is 2.28. The van der Waals surface area contributed by atoms with Crippen molar-refractivity contribution in [3.05, 3.63) is 95.7 Å². The fourth-order valence-corrected chi connectivity index (χ4v) is 4.92.